The SMILES string of the molecule is CC(C)[C@H](N)C(=O)NCC(c1cccs1)N1CCCC1.Cl. The van der Waals surface area contributed by atoms with E-state index in [1.54, 1.807) is 11.3 Å². The van der Waals surface area contributed by atoms with Crippen molar-refractivity contribution in [3.63, 3.8) is 0 Å². The Bertz CT molecular complexity index is 419. The number of hydrogen-bond acceptors (Lipinski definition) is 4. The van der Waals surface area contributed by atoms with Crippen LogP contribution in [0.25, 0.3) is 0 Å². The van der Waals surface area contributed by atoms with Gasteiger partial charge in [-0.15, -0.1) is 23.7 Å². The third kappa shape index (κ3) is 4.95. The van der Waals surface area contributed by atoms with Gasteiger partial charge < -0.3 is 11.1 Å². The van der Waals surface area contributed by atoms with Crippen molar-refractivity contribution in [1.82, 2.24) is 10.2 Å². The summed E-state index contributed by atoms with van der Waals surface area (Å²) in [6.45, 7) is 6.84. The van der Waals surface area contributed by atoms with Crippen molar-refractivity contribution in [1.29, 1.82) is 0 Å². The fraction of sp³-hybridized carbons (Fsp3) is 0.667. The summed E-state index contributed by atoms with van der Waals surface area (Å²) in [4.78, 5) is 15.8. The summed E-state index contributed by atoms with van der Waals surface area (Å²) in [5, 5.41) is 5.13. The first kappa shape index (κ1) is 18.4. The Morgan fingerprint density at radius 1 is 1.43 bits per heavy atom. The lowest BCUT2D eigenvalue weighted by molar-refractivity contribution is -0.123. The Kier molecular flexibility index (Phi) is 7.66. The van der Waals surface area contributed by atoms with Gasteiger partial charge in [0.05, 0.1) is 12.1 Å². The van der Waals surface area contributed by atoms with Crippen LogP contribution in [0.2, 0.25) is 0 Å². The molecule has 2 heterocycles. The molecule has 21 heavy (non-hydrogen) atoms. The third-order valence-corrected chi connectivity index (χ3v) is 4.92. The molecule has 0 aromatic carbocycles. The maximum absolute atomic E-state index is 12.0. The topological polar surface area (TPSA) is 58.4 Å². The van der Waals surface area contributed by atoms with Gasteiger partial charge in [0.1, 0.15) is 0 Å². The Labute approximate surface area is 137 Å². The molecule has 1 saturated heterocycles. The molecule has 3 N–H and O–H groups in total. The van der Waals surface area contributed by atoms with Gasteiger partial charge in [-0.1, -0.05) is 19.9 Å². The maximum Gasteiger partial charge on any atom is 0.237 e. The van der Waals surface area contributed by atoms with Crippen LogP contribution in [0.3, 0.4) is 0 Å². The van der Waals surface area contributed by atoms with Gasteiger partial charge in [-0.2, -0.15) is 0 Å². The number of thiophene rings is 1. The summed E-state index contributed by atoms with van der Waals surface area (Å²) in [5.41, 5.74) is 5.90. The second kappa shape index (κ2) is 8.73. The molecule has 1 aliphatic heterocycles. The van der Waals surface area contributed by atoms with E-state index in [-0.39, 0.29) is 24.2 Å². The van der Waals surface area contributed by atoms with Crippen LogP contribution in [0.15, 0.2) is 17.5 Å². The van der Waals surface area contributed by atoms with Crippen molar-refractivity contribution >= 4 is 29.7 Å². The van der Waals surface area contributed by atoms with Crippen molar-refractivity contribution in [2.24, 2.45) is 11.7 Å². The van der Waals surface area contributed by atoms with Crippen LogP contribution in [-0.4, -0.2) is 36.5 Å². The molecule has 1 fully saturated rings. The number of carbonyl (C=O) groups is 1. The van der Waals surface area contributed by atoms with E-state index in [0.29, 0.717) is 12.6 Å². The largest absolute Gasteiger partial charge is 0.353 e. The van der Waals surface area contributed by atoms with Crippen LogP contribution in [0.4, 0.5) is 0 Å². The summed E-state index contributed by atoms with van der Waals surface area (Å²) < 4.78 is 0. The molecular formula is C15H26ClN3OS. The lowest BCUT2D eigenvalue weighted by atomic mass is 10.0. The van der Waals surface area contributed by atoms with Gasteiger partial charge >= 0.3 is 0 Å². The predicted molar refractivity (Wildman–Crippen MR) is 90.9 cm³/mol. The zero-order chi connectivity index (χ0) is 14.5. The van der Waals surface area contributed by atoms with E-state index >= 15 is 0 Å². The van der Waals surface area contributed by atoms with Gasteiger partial charge in [-0.25, -0.2) is 0 Å². The summed E-state index contributed by atoms with van der Waals surface area (Å²) in [6.07, 6.45) is 2.50. The standard InChI is InChI=1S/C15H25N3OS.ClH/c1-11(2)14(16)15(19)17-10-12(13-6-5-9-20-13)18-7-3-4-8-18;/h5-6,9,11-12,14H,3-4,7-8,10,16H2,1-2H3,(H,17,19);1H/t12?,14-;/m0./s1. The van der Waals surface area contributed by atoms with E-state index < -0.39 is 6.04 Å². The lowest BCUT2D eigenvalue weighted by Crippen LogP contribution is -2.46. The number of rotatable bonds is 6. The molecule has 1 unspecified atom stereocenters. The van der Waals surface area contributed by atoms with Gasteiger partial charge in [0.25, 0.3) is 0 Å². The summed E-state index contributed by atoms with van der Waals surface area (Å²) in [7, 11) is 0. The monoisotopic (exact) mass is 331 g/mol. The van der Waals surface area contributed by atoms with Crippen LogP contribution in [0.1, 0.15) is 37.6 Å². The summed E-state index contributed by atoms with van der Waals surface area (Å²) in [5.74, 6) is 0.128. The van der Waals surface area contributed by atoms with Gasteiger partial charge in [0.2, 0.25) is 5.91 Å². The number of nitrogens with two attached hydrogens (primary N) is 1. The van der Waals surface area contributed by atoms with Crippen LogP contribution in [-0.2, 0) is 4.79 Å². The van der Waals surface area contributed by atoms with Crippen LogP contribution in [0, 0.1) is 5.92 Å². The highest BCUT2D eigenvalue weighted by molar-refractivity contribution is 7.10. The minimum atomic E-state index is -0.419. The van der Waals surface area contributed by atoms with Gasteiger partial charge in [0, 0.05) is 11.4 Å². The fourth-order valence-electron chi connectivity index (χ4n) is 2.56. The molecule has 1 aliphatic rings. The quantitative estimate of drug-likeness (QED) is 0.841. The number of hydrogen-bond donors (Lipinski definition) is 2. The van der Waals surface area contributed by atoms with Crippen LogP contribution >= 0.6 is 23.7 Å². The lowest BCUT2D eigenvalue weighted by Gasteiger charge is -2.27. The van der Waals surface area contributed by atoms with Gasteiger partial charge in [-0.3, -0.25) is 9.69 Å². The van der Waals surface area contributed by atoms with E-state index in [1.165, 1.54) is 17.7 Å². The van der Waals surface area contributed by atoms with Crippen molar-refractivity contribution in [2.45, 2.75) is 38.8 Å². The highest BCUT2D eigenvalue weighted by atomic mass is 35.5. The first-order valence-corrected chi connectivity index (χ1v) is 8.28. The first-order chi connectivity index (χ1) is 9.59. The Balaban J connectivity index is 0.00000220. The summed E-state index contributed by atoms with van der Waals surface area (Å²) in [6, 6.07) is 4.10. The number of amides is 1. The predicted octanol–water partition coefficient (Wildman–Crippen LogP) is 2.41. The number of likely N-dealkylation sites (tertiary alicyclic amines) is 1. The van der Waals surface area contributed by atoms with Crippen molar-refractivity contribution in [2.75, 3.05) is 19.6 Å². The van der Waals surface area contributed by atoms with Crippen molar-refractivity contribution in [3.05, 3.63) is 22.4 Å². The molecule has 2 atom stereocenters. The molecule has 0 spiro atoms. The normalized spacial score (nSPS) is 18.3. The Morgan fingerprint density at radius 2 is 2.10 bits per heavy atom. The molecule has 6 heteroatoms. The molecule has 1 aromatic rings. The molecule has 120 valence electrons. The fourth-order valence-corrected chi connectivity index (χ4v) is 3.42. The summed E-state index contributed by atoms with van der Waals surface area (Å²) >= 11 is 1.76. The average molecular weight is 332 g/mol. The van der Waals surface area contributed by atoms with E-state index in [0.717, 1.165) is 13.1 Å². The molecule has 0 bridgehead atoms. The second-order valence-corrected chi connectivity index (χ2v) is 6.77. The second-order valence-electron chi connectivity index (χ2n) is 5.79. The molecular weight excluding hydrogens is 306 g/mol. The molecule has 0 saturated carbocycles. The first-order valence-electron chi connectivity index (χ1n) is 7.40. The zero-order valence-corrected chi connectivity index (χ0v) is 14.4. The van der Waals surface area contributed by atoms with Crippen LogP contribution < -0.4 is 11.1 Å². The van der Waals surface area contributed by atoms with E-state index in [4.69, 9.17) is 5.73 Å². The minimum Gasteiger partial charge on any atom is -0.353 e. The molecule has 2 rings (SSSR count). The smallest absolute Gasteiger partial charge is 0.237 e. The maximum atomic E-state index is 12.0. The minimum absolute atomic E-state index is 0. The molecule has 1 aromatic heterocycles. The highest BCUT2D eigenvalue weighted by Gasteiger charge is 2.26. The highest BCUT2D eigenvalue weighted by Crippen LogP contribution is 2.27. The van der Waals surface area contributed by atoms with E-state index in [1.807, 2.05) is 13.8 Å². The van der Waals surface area contributed by atoms with Gasteiger partial charge in [-0.05, 0) is 43.3 Å². The number of nitrogens with one attached hydrogen (secondary N) is 1. The van der Waals surface area contributed by atoms with E-state index in [2.05, 4.69) is 27.7 Å². The average Bonchev–Trinajstić information content (AvgIpc) is 3.10. The Morgan fingerprint density at radius 3 is 2.62 bits per heavy atom. The Hall–Kier alpha value is -0.620. The molecule has 0 aliphatic carbocycles. The third-order valence-electron chi connectivity index (χ3n) is 3.94. The van der Waals surface area contributed by atoms with Crippen molar-refractivity contribution < 1.29 is 4.79 Å². The zero-order valence-electron chi connectivity index (χ0n) is 12.7. The molecule has 0 radical (unpaired) electrons. The van der Waals surface area contributed by atoms with Gasteiger partial charge in [0.15, 0.2) is 0 Å². The number of carbonyl (C=O) groups excluding carboxylic acids is 1. The number of halogens is 1. The van der Waals surface area contributed by atoms with Crippen LogP contribution in [0.5, 0.6) is 0 Å². The number of nitrogens with zero attached hydrogens (tertiary/aromatic N) is 1. The van der Waals surface area contributed by atoms with E-state index in [9.17, 15) is 4.79 Å². The molecule has 1 amide bonds. The molecule has 4 nitrogen and oxygen atoms in total. The van der Waals surface area contributed by atoms with Crippen molar-refractivity contribution in [3.8, 4) is 0 Å².